The van der Waals surface area contributed by atoms with Crippen LogP contribution in [0.15, 0.2) is 83.9 Å². The van der Waals surface area contributed by atoms with Gasteiger partial charge in [-0.2, -0.15) is 0 Å². The van der Waals surface area contributed by atoms with E-state index in [0.717, 1.165) is 12.1 Å². The smallest absolute Gasteiger partial charge is 0.0737 e. The summed E-state index contributed by atoms with van der Waals surface area (Å²) in [4.78, 5) is 5.11. The van der Waals surface area contributed by atoms with Crippen LogP contribution >= 0.6 is 0 Å². The molecule has 0 radical (unpaired) electrons. The molecule has 0 spiro atoms. The van der Waals surface area contributed by atoms with E-state index < -0.39 is 0 Å². The predicted octanol–water partition coefficient (Wildman–Crippen LogP) is 5.78. The Morgan fingerprint density at radius 2 is 1.40 bits per heavy atom. The lowest BCUT2D eigenvalue weighted by atomic mass is 9.85. The number of aliphatic imine (C=N–C) groups is 1. The van der Waals surface area contributed by atoms with Crippen molar-refractivity contribution in [2.24, 2.45) is 4.99 Å². The normalized spacial score (nSPS) is 16.7. The van der Waals surface area contributed by atoms with Crippen LogP contribution in [0, 0.1) is 0 Å². The molecule has 5 rings (SSSR count). The van der Waals surface area contributed by atoms with E-state index in [2.05, 4.69) is 85.8 Å². The van der Waals surface area contributed by atoms with Gasteiger partial charge in [-0.15, -0.1) is 0 Å². The quantitative estimate of drug-likeness (QED) is 0.422. The molecule has 1 aliphatic rings. The van der Waals surface area contributed by atoms with Crippen LogP contribution in [0.25, 0.3) is 21.5 Å². The highest BCUT2D eigenvalue weighted by Gasteiger charge is 2.22. The summed E-state index contributed by atoms with van der Waals surface area (Å²) >= 11 is 0. The molecule has 120 valence electrons. The van der Waals surface area contributed by atoms with Crippen LogP contribution in [-0.2, 0) is 6.42 Å². The molecule has 0 saturated heterocycles. The fraction of sp³-hybridized carbons (Fsp3) is 0.125. The van der Waals surface area contributed by atoms with Crippen LogP contribution in [0.5, 0.6) is 0 Å². The largest absolute Gasteiger partial charge is 0.281 e. The molecule has 1 unspecified atom stereocenters. The minimum atomic E-state index is 0.308. The highest BCUT2D eigenvalue weighted by atomic mass is 14.8. The zero-order chi connectivity index (χ0) is 16.8. The van der Waals surface area contributed by atoms with Crippen molar-refractivity contribution in [1.29, 1.82) is 0 Å². The van der Waals surface area contributed by atoms with E-state index >= 15 is 0 Å². The van der Waals surface area contributed by atoms with Gasteiger partial charge in [-0.05, 0) is 40.5 Å². The van der Waals surface area contributed by atoms with Crippen molar-refractivity contribution in [2.45, 2.75) is 19.4 Å². The molecule has 0 bridgehead atoms. The van der Waals surface area contributed by atoms with Crippen LogP contribution < -0.4 is 0 Å². The first-order chi connectivity index (χ1) is 12.3. The van der Waals surface area contributed by atoms with Crippen LogP contribution in [0.1, 0.15) is 23.6 Å². The molecule has 0 amide bonds. The zero-order valence-corrected chi connectivity index (χ0v) is 14.2. The maximum Gasteiger partial charge on any atom is 0.0737 e. The standard InChI is InChI=1S/C24H19N/c1-16-15-19-14-13-18-8-3-5-11-21(18)23(19)24(25-16)22-12-6-9-17-7-2-4-10-20(17)22/h2-14,16H,15H2,1H3. The number of rotatable bonds is 1. The van der Waals surface area contributed by atoms with Gasteiger partial charge in [0, 0.05) is 11.1 Å². The average molecular weight is 321 g/mol. The Balaban J connectivity index is 1.87. The fourth-order valence-electron chi connectivity index (χ4n) is 4.05. The summed E-state index contributed by atoms with van der Waals surface area (Å²) in [6.45, 7) is 2.21. The highest BCUT2D eigenvalue weighted by molar-refractivity contribution is 6.25. The Bertz CT molecular complexity index is 1130. The van der Waals surface area contributed by atoms with Gasteiger partial charge in [0.15, 0.2) is 0 Å². The van der Waals surface area contributed by atoms with Crippen molar-refractivity contribution < 1.29 is 0 Å². The van der Waals surface area contributed by atoms with Crippen molar-refractivity contribution in [3.8, 4) is 0 Å². The summed E-state index contributed by atoms with van der Waals surface area (Å²) in [5.74, 6) is 0. The van der Waals surface area contributed by atoms with Gasteiger partial charge in [-0.3, -0.25) is 4.99 Å². The first-order valence-corrected chi connectivity index (χ1v) is 8.88. The average Bonchev–Trinajstić information content (AvgIpc) is 2.66. The predicted molar refractivity (Wildman–Crippen MR) is 107 cm³/mol. The van der Waals surface area contributed by atoms with Crippen molar-refractivity contribution in [3.05, 3.63) is 95.6 Å². The number of fused-ring (bicyclic) bond motifs is 4. The van der Waals surface area contributed by atoms with Gasteiger partial charge in [-0.25, -0.2) is 0 Å². The molecule has 1 atom stereocenters. The molecular formula is C24H19N. The van der Waals surface area contributed by atoms with Gasteiger partial charge >= 0.3 is 0 Å². The van der Waals surface area contributed by atoms with E-state index in [1.54, 1.807) is 0 Å². The topological polar surface area (TPSA) is 12.4 Å². The number of hydrogen-bond donors (Lipinski definition) is 0. The number of nitrogens with zero attached hydrogens (tertiary/aromatic N) is 1. The summed E-state index contributed by atoms with van der Waals surface area (Å²) in [6, 6.07) is 28.6. The highest BCUT2D eigenvalue weighted by Crippen LogP contribution is 2.32. The lowest BCUT2D eigenvalue weighted by Gasteiger charge is -2.24. The molecule has 4 aromatic rings. The van der Waals surface area contributed by atoms with E-state index in [-0.39, 0.29) is 0 Å². The lowest BCUT2D eigenvalue weighted by molar-refractivity contribution is 0.729. The molecular weight excluding hydrogens is 302 g/mol. The van der Waals surface area contributed by atoms with Gasteiger partial charge in [-0.1, -0.05) is 78.9 Å². The second kappa shape index (κ2) is 5.56. The zero-order valence-electron chi connectivity index (χ0n) is 14.2. The van der Waals surface area contributed by atoms with Crippen molar-refractivity contribution in [3.63, 3.8) is 0 Å². The van der Waals surface area contributed by atoms with Gasteiger partial charge in [0.05, 0.1) is 11.8 Å². The Morgan fingerprint density at radius 1 is 0.720 bits per heavy atom. The molecule has 0 aliphatic carbocycles. The van der Waals surface area contributed by atoms with Gasteiger partial charge in [0.1, 0.15) is 0 Å². The molecule has 0 fully saturated rings. The van der Waals surface area contributed by atoms with E-state index in [1.165, 1.54) is 38.2 Å². The van der Waals surface area contributed by atoms with Gasteiger partial charge in [0.2, 0.25) is 0 Å². The van der Waals surface area contributed by atoms with E-state index in [9.17, 15) is 0 Å². The maximum absolute atomic E-state index is 5.11. The second-order valence-electron chi connectivity index (χ2n) is 6.88. The summed E-state index contributed by atoms with van der Waals surface area (Å²) < 4.78 is 0. The second-order valence-corrected chi connectivity index (χ2v) is 6.88. The molecule has 25 heavy (non-hydrogen) atoms. The van der Waals surface area contributed by atoms with Crippen LogP contribution in [0.2, 0.25) is 0 Å². The Hall–Kier alpha value is -2.93. The molecule has 0 saturated carbocycles. The van der Waals surface area contributed by atoms with Gasteiger partial charge in [0.25, 0.3) is 0 Å². The Kier molecular flexibility index (Phi) is 3.21. The summed E-state index contributed by atoms with van der Waals surface area (Å²) in [5, 5.41) is 5.13. The molecule has 4 aromatic carbocycles. The SMILES string of the molecule is CC1Cc2ccc3ccccc3c2C(c2cccc3ccccc23)=N1. The fourth-order valence-corrected chi connectivity index (χ4v) is 4.05. The van der Waals surface area contributed by atoms with E-state index in [4.69, 9.17) is 4.99 Å². The number of benzene rings is 4. The summed E-state index contributed by atoms with van der Waals surface area (Å²) in [6.07, 6.45) is 1.01. The van der Waals surface area contributed by atoms with E-state index in [1.807, 2.05) is 0 Å². The van der Waals surface area contributed by atoms with Crippen LogP contribution in [0.3, 0.4) is 0 Å². The van der Waals surface area contributed by atoms with Crippen molar-refractivity contribution >= 4 is 27.3 Å². The minimum Gasteiger partial charge on any atom is -0.281 e. The summed E-state index contributed by atoms with van der Waals surface area (Å²) in [5.41, 5.74) is 5.10. The van der Waals surface area contributed by atoms with Crippen LogP contribution in [-0.4, -0.2) is 11.8 Å². The molecule has 0 aromatic heterocycles. The van der Waals surface area contributed by atoms with E-state index in [0.29, 0.717) is 6.04 Å². The molecule has 1 heterocycles. The lowest BCUT2D eigenvalue weighted by Crippen LogP contribution is -2.20. The van der Waals surface area contributed by atoms with Crippen molar-refractivity contribution in [2.75, 3.05) is 0 Å². The third-order valence-electron chi connectivity index (χ3n) is 5.16. The Labute approximate surface area is 147 Å². The van der Waals surface area contributed by atoms with Gasteiger partial charge < -0.3 is 0 Å². The molecule has 1 nitrogen and oxygen atoms in total. The molecule has 0 N–H and O–H groups in total. The Morgan fingerprint density at radius 3 is 2.24 bits per heavy atom. The molecule has 1 heteroatoms. The molecule has 1 aliphatic heterocycles. The monoisotopic (exact) mass is 321 g/mol. The third-order valence-corrected chi connectivity index (χ3v) is 5.16. The first-order valence-electron chi connectivity index (χ1n) is 8.88. The summed E-state index contributed by atoms with van der Waals surface area (Å²) in [7, 11) is 0. The maximum atomic E-state index is 5.11. The minimum absolute atomic E-state index is 0.308. The first kappa shape index (κ1) is 14.4. The third kappa shape index (κ3) is 2.27. The van der Waals surface area contributed by atoms with Crippen LogP contribution in [0.4, 0.5) is 0 Å². The number of hydrogen-bond acceptors (Lipinski definition) is 1. The van der Waals surface area contributed by atoms with Crippen molar-refractivity contribution in [1.82, 2.24) is 0 Å².